The standard InChI is InChI=1S/C13H16N2O4/c1-19-13(7-9-5-3-2-4-6-9)12(18)14-10(8-16)11(17)15-13/h2-6,10,16H,7-8H2,1H3,(H,14,18)(H,15,17)/t10-,13+/m1/s1. The summed E-state index contributed by atoms with van der Waals surface area (Å²) in [6.45, 7) is -0.442. The zero-order valence-corrected chi connectivity index (χ0v) is 10.6. The molecule has 19 heavy (non-hydrogen) atoms. The van der Waals surface area contributed by atoms with Crippen molar-refractivity contribution in [2.75, 3.05) is 13.7 Å². The Balaban J connectivity index is 2.23. The molecule has 0 radical (unpaired) electrons. The van der Waals surface area contributed by atoms with Crippen molar-refractivity contribution in [2.24, 2.45) is 0 Å². The van der Waals surface area contributed by atoms with Crippen LogP contribution in [0.25, 0.3) is 0 Å². The number of benzene rings is 1. The highest BCUT2D eigenvalue weighted by Crippen LogP contribution is 2.18. The summed E-state index contributed by atoms with van der Waals surface area (Å²) in [5.74, 6) is -0.919. The minimum Gasteiger partial charge on any atom is -0.394 e. The number of aliphatic hydroxyl groups excluding tert-OH is 1. The first-order valence-electron chi connectivity index (χ1n) is 5.94. The van der Waals surface area contributed by atoms with E-state index in [0.29, 0.717) is 0 Å². The molecule has 1 fully saturated rings. The fourth-order valence-corrected chi connectivity index (χ4v) is 2.04. The van der Waals surface area contributed by atoms with E-state index >= 15 is 0 Å². The van der Waals surface area contributed by atoms with Crippen molar-refractivity contribution in [3.05, 3.63) is 35.9 Å². The predicted molar refractivity (Wildman–Crippen MR) is 67.0 cm³/mol. The number of aliphatic hydroxyl groups is 1. The summed E-state index contributed by atoms with van der Waals surface area (Å²) in [6, 6.07) is 8.32. The maximum Gasteiger partial charge on any atom is 0.274 e. The third-order valence-corrected chi connectivity index (χ3v) is 3.14. The van der Waals surface area contributed by atoms with Gasteiger partial charge in [0.15, 0.2) is 0 Å². The molecule has 2 amide bonds. The lowest BCUT2D eigenvalue weighted by Crippen LogP contribution is -2.71. The van der Waals surface area contributed by atoms with Gasteiger partial charge < -0.3 is 20.5 Å². The van der Waals surface area contributed by atoms with Gasteiger partial charge >= 0.3 is 0 Å². The SMILES string of the molecule is CO[C@]1(Cc2ccccc2)NC(=O)[C@@H](CO)NC1=O. The van der Waals surface area contributed by atoms with Gasteiger partial charge in [-0.25, -0.2) is 0 Å². The second-order valence-corrected chi connectivity index (χ2v) is 4.39. The molecule has 0 unspecified atom stereocenters. The van der Waals surface area contributed by atoms with E-state index in [-0.39, 0.29) is 6.42 Å². The zero-order chi connectivity index (χ0) is 13.9. The quantitative estimate of drug-likeness (QED) is 0.663. The summed E-state index contributed by atoms with van der Waals surface area (Å²) in [5.41, 5.74) is -0.563. The van der Waals surface area contributed by atoms with Crippen LogP contribution in [0.4, 0.5) is 0 Å². The monoisotopic (exact) mass is 264 g/mol. The van der Waals surface area contributed by atoms with Crippen LogP contribution in [0.3, 0.4) is 0 Å². The second kappa shape index (κ2) is 5.38. The lowest BCUT2D eigenvalue weighted by Gasteiger charge is -2.38. The number of carbonyl (C=O) groups is 2. The molecule has 1 aromatic rings. The highest BCUT2D eigenvalue weighted by atomic mass is 16.5. The number of amides is 2. The average Bonchev–Trinajstić information content (AvgIpc) is 2.43. The number of piperazine rings is 1. The van der Waals surface area contributed by atoms with Crippen molar-refractivity contribution in [1.29, 1.82) is 0 Å². The number of carbonyl (C=O) groups excluding carboxylic acids is 2. The smallest absolute Gasteiger partial charge is 0.274 e. The van der Waals surface area contributed by atoms with Gasteiger partial charge in [0, 0.05) is 13.5 Å². The molecule has 0 bridgehead atoms. The molecule has 0 spiro atoms. The Kier molecular flexibility index (Phi) is 3.82. The van der Waals surface area contributed by atoms with Gasteiger partial charge in [0.25, 0.3) is 5.91 Å². The van der Waals surface area contributed by atoms with Crippen molar-refractivity contribution in [1.82, 2.24) is 10.6 Å². The third kappa shape index (κ3) is 2.59. The molecule has 1 heterocycles. The number of hydrogen-bond acceptors (Lipinski definition) is 4. The molecule has 1 aromatic carbocycles. The Morgan fingerprint density at radius 1 is 1.32 bits per heavy atom. The predicted octanol–water partition coefficient (Wildman–Crippen LogP) is -0.821. The molecule has 0 aliphatic carbocycles. The van der Waals surface area contributed by atoms with Gasteiger partial charge in [0.2, 0.25) is 11.6 Å². The van der Waals surface area contributed by atoms with Crippen LogP contribution in [0.5, 0.6) is 0 Å². The lowest BCUT2D eigenvalue weighted by molar-refractivity contribution is -0.162. The first-order valence-corrected chi connectivity index (χ1v) is 5.94. The van der Waals surface area contributed by atoms with E-state index in [1.54, 1.807) is 0 Å². The molecule has 2 rings (SSSR count). The Morgan fingerprint density at radius 3 is 2.58 bits per heavy atom. The molecular formula is C13H16N2O4. The minimum atomic E-state index is -1.43. The van der Waals surface area contributed by atoms with Crippen LogP contribution >= 0.6 is 0 Å². The number of hydrogen-bond donors (Lipinski definition) is 3. The van der Waals surface area contributed by atoms with Gasteiger partial charge in [-0.3, -0.25) is 9.59 Å². The molecule has 6 nitrogen and oxygen atoms in total. The molecule has 1 aliphatic rings. The number of nitrogens with one attached hydrogen (secondary N) is 2. The molecule has 1 saturated heterocycles. The summed E-state index contributed by atoms with van der Waals surface area (Å²) in [7, 11) is 1.36. The van der Waals surface area contributed by atoms with Crippen LogP contribution in [0.1, 0.15) is 5.56 Å². The Morgan fingerprint density at radius 2 is 2.00 bits per heavy atom. The number of methoxy groups -OCH3 is 1. The van der Waals surface area contributed by atoms with Crippen molar-refractivity contribution >= 4 is 11.8 Å². The van der Waals surface area contributed by atoms with Gasteiger partial charge in [0.1, 0.15) is 6.04 Å². The van der Waals surface area contributed by atoms with Gasteiger partial charge in [-0.15, -0.1) is 0 Å². The third-order valence-electron chi connectivity index (χ3n) is 3.14. The average molecular weight is 264 g/mol. The highest BCUT2D eigenvalue weighted by molar-refractivity contribution is 5.99. The highest BCUT2D eigenvalue weighted by Gasteiger charge is 2.46. The second-order valence-electron chi connectivity index (χ2n) is 4.39. The van der Waals surface area contributed by atoms with Crippen molar-refractivity contribution < 1.29 is 19.4 Å². The van der Waals surface area contributed by atoms with E-state index in [1.165, 1.54) is 7.11 Å². The largest absolute Gasteiger partial charge is 0.394 e. The Bertz CT molecular complexity index is 477. The van der Waals surface area contributed by atoms with E-state index in [0.717, 1.165) is 5.56 Å². The van der Waals surface area contributed by atoms with Crippen LogP contribution in [0.2, 0.25) is 0 Å². The van der Waals surface area contributed by atoms with Crippen molar-refractivity contribution in [3.63, 3.8) is 0 Å². The molecule has 1 aliphatic heterocycles. The van der Waals surface area contributed by atoms with E-state index in [4.69, 9.17) is 9.84 Å². The molecular weight excluding hydrogens is 248 g/mol. The molecule has 6 heteroatoms. The summed E-state index contributed by atoms with van der Waals surface area (Å²) in [6.07, 6.45) is 0.222. The van der Waals surface area contributed by atoms with Gasteiger partial charge in [-0.05, 0) is 5.56 Å². The maximum atomic E-state index is 12.1. The first kappa shape index (κ1) is 13.5. The van der Waals surface area contributed by atoms with Crippen LogP contribution in [0, 0.1) is 0 Å². The molecule has 0 aromatic heterocycles. The molecule has 102 valence electrons. The Hall–Kier alpha value is -1.92. The number of rotatable bonds is 4. The summed E-state index contributed by atoms with van der Waals surface area (Å²) in [4.78, 5) is 23.9. The van der Waals surface area contributed by atoms with Gasteiger partial charge in [-0.1, -0.05) is 30.3 Å². The fraction of sp³-hybridized carbons (Fsp3) is 0.385. The topological polar surface area (TPSA) is 87.7 Å². The van der Waals surface area contributed by atoms with Gasteiger partial charge in [-0.2, -0.15) is 0 Å². The molecule has 2 atom stereocenters. The maximum absolute atomic E-state index is 12.1. The van der Waals surface area contributed by atoms with E-state index in [1.807, 2.05) is 30.3 Å². The van der Waals surface area contributed by atoms with E-state index in [2.05, 4.69) is 10.6 Å². The van der Waals surface area contributed by atoms with Gasteiger partial charge in [0.05, 0.1) is 6.61 Å². The molecule has 0 saturated carbocycles. The Labute approximate surface area is 110 Å². The van der Waals surface area contributed by atoms with Crippen LogP contribution < -0.4 is 10.6 Å². The van der Waals surface area contributed by atoms with Crippen LogP contribution in [-0.2, 0) is 20.7 Å². The first-order chi connectivity index (χ1) is 9.11. The van der Waals surface area contributed by atoms with Crippen molar-refractivity contribution in [3.8, 4) is 0 Å². The molecule has 3 N–H and O–H groups in total. The van der Waals surface area contributed by atoms with E-state index < -0.39 is 30.2 Å². The summed E-state index contributed by atoms with van der Waals surface area (Å²) in [5, 5.41) is 14.0. The number of ether oxygens (including phenoxy) is 1. The summed E-state index contributed by atoms with van der Waals surface area (Å²) < 4.78 is 5.23. The van der Waals surface area contributed by atoms with Crippen LogP contribution in [-0.4, -0.2) is 42.4 Å². The van der Waals surface area contributed by atoms with E-state index in [9.17, 15) is 9.59 Å². The normalized spacial score (nSPS) is 26.7. The lowest BCUT2D eigenvalue weighted by atomic mass is 9.98. The van der Waals surface area contributed by atoms with Crippen LogP contribution in [0.15, 0.2) is 30.3 Å². The zero-order valence-electron chi connectivity index (χ0n) is 10.6. The minimum absolute atomic E-state index is 0.222. The fourth-order valence-electron chi connectivity index (χ4n) is 2.04. The van der Waals surface area contributed by atoms with Crippen molar-refractivity contribution in [2.45, 2.75) is 18.2 Å². The summed E-state index contributed by atoms with van der Waals surface area (Å²) >= 11 is 0.